The molecular weight excluding hydrogens is 264 g/mol. The molecule has 0 aliphatic rings. The number of hydrogen-bond acceptors (Lipinski definition) is 5. The largest absolute Gasteiger partial charge is 0.406 e. The smallest absolute Gasteiger partial charge is 0.320 e. The first-order valence-corrected chi connectivity index (χ1v) is 6.52. The Kier molecular flexibility index (Phi) is 4.39. The van der Waals surface area contributed by atoms with Crippen LogP contribution in [0.2, 0.25) is 5.02 Å². The number of benzene rings is 1. The molecule has 0 bridgehead atoms. The van der Waals surface area contributed by atoms with Crippen LogP contribution in [-0.2, 0) is 6.54 Å². The molecule has 0 amide bonds. The number of nitrogens with zero attached hydrogens (tertiary/aromatic N) is 2. The molecule has 0 spiro atoms. The van der Waals surface area contributed by atoms with Crippen LogP contribution in [0.15, 0.2) is 22.6 Å². The fraction of sp³-hybridized carbons (Fsp3) is 0.385. The zero-order valence-corrected chi connectivity index (χ0v) is 12.0. The fourth-order valence-corrected chi connectivity index (χ4v) is 1.83. The number of hydrogen-bond donors (Lipinski definition) is 2. The molecular formula is C13H17ClN4O. The van der Waals surface area contributed by atoms with E-state index < -0.39 is 0 Å². The number of halogens is 1. The second-order valence-electron chi connectivity index (χ2n) is 4.59. The van der Waals surface area contributed by atoms with Crippen molar-refractivity contribution >= 4 is 23.3 Å². The van der Waals surface area contributed by atoms with Crippen molar-refractivity contribution in [3.63, 3.8) is 0 Å². The average Bonchev–Trinajstić information content (AvgIpc) is 2.79. The normalized spacial score (nSPS) is 11.0. The number of anilines is 2. The van der Waals surface area contributed by atoms with Crippen molar-refractivity contribution in [2.45, 2.75) is 33.4 Å². The summed E-state index contributed by atoms with van der Waals surface area (Å²) in [5, 5.41) is 14.8. The highest BCUT2D eigenvalue weighted by molar-refractivity contribution is 6.33. The Hall–Kier alpha value is -1.59. The molecule has 0 radical (unpaired) electrons. The highest BCUT2D eigenvalue weighted by Gasteiger charge is 2.10. The lowest BCUT2D eigenvalue weighted by Crippen LogP contribution is -2.21. The van der Waals surface area contributed by atoms with Crippen LogP contribution >= 0.6 is 11.6 Å². The number of para-hydroxylation sites is 1. The third-order valence-corrected chi connectivity index (χ3v) is 2.90. The summed E-state index contributed by atoms with van der Waals surface area (Å²) in [4.78, 5) is 0. The van der Waals surface area contributed by atoms with Crippen LogP contribution in [0.5, 0.6) is 0 Å². The number of aryl methyl sites for hydroxylation is 1. The summed E-state index contributed by atoms with van der Waals surface area (Å²) in [6.45, 7) is 6.63. The number of nitrogens with one attached hydrogen (secondary N) is 2. The molecule has 2 N–H and O–H groups in total. The molecule has 2 aromatic rings. The molecule has 0 saturated heterocycles. The topological polar surface area (TPSA) is 63.0 Å². The molecule has 1 aromatic heterocycles. The Morgan fingerprint density at radius 1 is 1.32 bits per heavy atom. The maximum absolute atomic E-state index is 6.12. The summed E-state index contributed by atoms with van der Waals surface area (Å²) < 4.78 is 5.49. The Morgan fingerprint density at radius 3 is 2.79 bits per heavy atom. The number of aromatic nitrogens is 2. The molecule has 2 rings (SSSR count). The highest BCUT2D eigenvalue weighted by Crippen LogP contribution is 2.28. The predicted octanol–water partition coefficient (Wildman–Crippen LogP) is 3.27. The molecule has 1 aromatic carbocycles. The Balaban J connectivity index is 2.07. The van der Waals surface area contributed by atoms with Crippen molar-refractivity contribution in [1.82, 2.24) is 15.5 Å². The van der Waals surface area contributed by atoms with Crippen LogP contribution in [0.4, 0.5) is 11.7 Å². The third-order valence-electron chi connectivity index (χ3n) is 2.58. The summed E-state index contributed by atoms with van der Waals surface area (Å²) in [5.74, 6) is 0.543. The van der Waals surface area contributed by atoms with Crippen molar-refractivity contribution in [1.29, 1.82) is 0 Å². The van der Waals surface area contributed by atoms with E-state index in [1.807, 2.05) is 25.1 Å². The van der Waals surface area contributed by atoms with Gasteiger partial charge in [0.15, 0.2) is 0 Å². The standard InChI is InChI=1S/C13H17ClN4O/c1-8(2)15-7-11-17-18-13(19-11)16-12-9(3)5-4-6-10(12)14/h4-6,8,15H,7H2,1-3H3,(H,16,18). The lowest BCUT2D eigenvalue weighted by atomic mass is 10.2. The lowest BCUT2D eigenvalue weighted by molar-refractivity contribution is 0.460. The van der Waals surface area contributed by atoms with Gasteiger partial charge in [0, 0.05) is 6.04 Å². The van der Waals surface area contributed by atoms with Crippen molar-refractivity contribution in [3.8, 4) is 0 Å². The number of rotatable bonds is 5. The van der Waals surface area contributed by atoms with Gasteiger partial charge in [0.05, 0.1) is 17.3 Å². The molecule has 0 saturated carbocycles. The van der Waals surface area contributed by atoms with Gasteiger partial charge >= 0.3 is 6.01 Å². The molecule has 0 fully saturated rings. The first-order chi connectivity index (χ1) is 9.06. The van der Waals surface area contributed by atoms with Crippen LogP contribution in [-0.4, -0.2) is 16.2 Å². The second-order valence-corrected chi connectivity index (χ2v) is 5.00. The van der Waals surface area contributed by atoms with Gasteiger partial charge in [0.2, 0.25) is 5.89 Å². The van der Waals surface area contributed by atoms with Gasteiger partial charge in [-0.2, -0.15) is 0 Å². The summed E-state index contributed by atoms with van der Waals surface area (Å²) in [5.41, 5.74) is 1.81. The van der Waals surface area contributed by atoms with Gasteiger partial charge in [0.25, 0.3) is 0 Å². The average molecular weight is 281 g/mol. The van der Waals surface area contributed by atoms with Crippen LogP contribution in [0, 0.1) is 6.92 Å². The van der Waals surface area contributed by atoms with Gasteiger partial charge in [-0.15, -0.1) is 5.10 Å². The van der Waals surface area contributed by atoms with Gasteiger partial charge in [-0.3, -0.25) is 0 Å². The highest BCUT2D eigenvalue weighted by atomic mass is 35.5. The van der Waals surface area contributed by atoms with E-state index in [1.165, 1.54) is 0 Å². The predicted molar refractivity (Wildman–Crippen MR) is 75.7 cm³/mol. The van der Waals surface area contributed by atoms with E-state index in [9.17, 15) is 0 Å². The Morgan fingerprint density at radius 2 is 2.11 bits per heavy atom. The lowest BCUT2D eigenvalue weighted by Gasteiger charge is -2.07. The van der Waals surface area contributed by atoms with Crippen LogP contribution in [0.3, 0.4) is 0 Å². The zero-order chi connectivity index (χ0) is 13.8. The molecule has 102 valence electrons. The summed E-state index contributed by atoms with van der Waals surface area (Å²) in [6, 6.07) is 6.39. The molecule has 0 unspecified atom stereocenters. The summed E-state index contributed by atoms with van der Waals surface area (Å²) in [7, 11) is 0. The first kappa shape index (κ1) is 13.8. The Labute approximate surface area is 117 Å². The molecule has 0 aliphatic heterocycles. The Bertz CT molecular complexity index is 533. The van der Waals surface area contributed by atoms with E-state index in [1.54, 1.807) is 0 Å². The van der Waals surface area contributed by atoms with Crippen molar-refractivity contribution in [2.24, 2.45) is 0 Å². The van der Waals surface area contributed by atoms with E-state index in [-0.39, 0.29) is 0 Å². The van der Waals surface area contributed by atoms with Gasteiger partial charge in [-0.1, -0.05) is 42.7 Å². The minimum absolute atomic E-state index is 0.344. The van der Waals surface area contributed by atoms with Crippen molar-refractivity contribution in [2.75, 3.05) is 5.32 Å². The van der Waals surface area contributed by atoms with Crippen LogP contribution in [0.25, 0.3) is 0 Å². The second kappa shape index (κ2) is 6.04. The van der Waals surface area contributed by atoms with E-state index in [4.69, 9.17) is 16.0 Å². The molecule has 6 heteroatoms. The van der Waals surface area contributed by atoms with Gasteiger partial charge in [0.1, 0.15) is 0 Å². The minimum atomic E-state index is 0.344. The van der Waals surface area contributed by atoms with Gasteiger partial charge < -0.3 is 15.1 Å². The van der Waals surface area contributed by atoms with E-state index >= 15 is 0 Å². The summed E-state index contributed by atoms with van der Waals surface area (Å²) >= 11 is 6.12. The molecule has 0 atom stereocenters. The van der Waals surface area contributed by atoms with Crippen LogP contribution < -0.4 is 10.6 Å². The van der Waals surface area contributed by atoms with E-state index in [2.05, 4.69) is 34.7 Å². The first-order valence-electron chi connectivity index (χ1n) is 6.14. The van der Waals surface area contributed by atoms with Crippen molar-refractivity contribution < 1.29 is 4.42 Å². The SMILES string of the molecule is Cc1cccc(Cl)c1Nc1nnc(CNC(C)C)o1. The minimum Gasteiger partial charge on any atom is -0.406 e. The quantitative estimate of drug-likeness (QED) is 0.880. The van der Waals surface area contributed by atoms with Crippen molar-refractivity contribution in [3.05, 3.63) is 34.7 Å². The zero-order valence-electron chi connectivity index (χ0n) is 11.2. The third kappa shape index (κ3) is 3.68. The monoisotopic (exact) mass is 280 g/mol. The van der Waals surface area contributed by atoms with Gasteiger partial charge in [-0.05, 0) is 18.6 Å². The molecule has 5 nitrogen and oxygen atoms in total. The van der Waals surface area contributed by atoms with E-state index in [0.717, 1.165) is 11.3 Å². The van der Waals surface area contributed by atoms with Crippen LogP contribution in [0.1, 0.15) is 25.3 Å². The summed E-state index contributed by atoms with van der Waals surface area (Å²) in [6.07, 6.45) is 0. The molecule has 1 heterocycles. The van der Waals surface area contributed by atoms with E-state index in [0.29, 0.717) is 29.5 Å². The van der Waals surface area contributed by atoms with Gasteiger partial charge in [-0.25, -0.2) is 0 Å². The molecule has 19 heavy (non-hydrogen) atoms. The molecule has 0 aliphatic carbocycles. The maximum Gasteiger partial charge on any atom is 0.320 e. The fourth-order valence-electron chi connectivity index (χ4n) is 1.56. The maximum atomic E-state index is 6.12.